The van der Waals surface area contributed by atoms with Crippen molar-refractivity contribution in [1.82, 2.24) is 15.1 Å². The van der Waals surface area contributed by atoms with Gasteiger partial charge < -0.3 is 14.6 Å². The van der Waals surface area contributed by atoms with Gasteiger partial charge in [-0.25, -0.2) is 0 Å². The third-order valence-corrected chi connectivity index (χ3v) is 4.64. The highest BCUT2D eigenvalue weighted by atomic mass is 35.5. The average molecular weight is 388 g/mol. The van der Waals surface area contributed by atoms with Crippen LogP contribution in [0.4, 0.5) is 0 Å². The van der Waals surface area contributed by atoms with Crippen LogP contribution in [-0.4, -0.2) is 55.3 Å². The maximum absolute atomic E-state index is 11.4. The second-order valence-electron chi connectivity index (χ2n) is 6.49. The zero-order chi connectivity index (χ0) is 19.5. The summed E-state index contributed by atoms with van der Waals surface area (Å²) in [7, 11) is 2.01. The van der Waals surface area contributed by atoms with E-state index < -0.39 is 0 Å². The summed E-state index contributed by atoms with van der Waals surface area (Å²) in [6.07, 6.45) is 2.11. The highest BCUT2D eigenvalue weighted by Gasteiger charge is 2.18. The van der Waals surface area contributed by atoms with Crippen LogP contribution in [0.2, 0.25) is 5.02 Å². The summed E-state index contributed by atoms with van der Waals surface area (Å²) in [4.78, 5) is 26.0. The number of rotatable bonds is 12. The Bertz CT molecular complexity index is 694. The molecule has 0 saturated carbocycles. The van der Waals surface area contributed by atoms with E-state index in [9.17, 15) is 9.59 Å². The van der Waals surface area contributed by atoms with Gasteiger partial charge in [-0.1, -0.05) is 54.1 Å². The standard InChI is InChI=1S/C21H26ClN3O2/c1-24(12-11-18-7-9-20(22)10-8-18)16-21(25(17-27)13-14-26)23-15-19-5-3-2-4-6-19/h2-10,14,17,21,23H,11-13,15-16H2,1H3. The number of amides is 1. The van der Waals surface area contributed by atoms with Crippen LogP contribution < -0.4 is 5.32 Å². The molecule has 1 unspecified atom stereocenters. The molecule has 0 aliphatic carbocycles. The van der Waals surface area contributed by atoms with Gasteiger partial charge in [-0.2, -0.15) is 0 Å². The van der Waals surface area contributed by atoms with E-state index in [1.54, 1.807) is 0 Å². The fourth-order valence-corrected chi connectivity index (χ4v) is 2.93. The van der Waals surface area contributed by atoms with Crippen molar-refractivity contribution in [3.05, 3.63) is 70.7 Å². The molecule has 1 N–H and O–H groups in total. The van der Waals surface area contributed by atoms with Crippen LogP contribution in [0.5, 0.6) is 0 Å². The summed E-state index contributed by atoms with van der Waals surface area (Å²) >= 11 is 5.92. The van der Waals surface area contributed by atoms with E-state index in [1.165, 1.54) is 10.5 Å². The zero-order valence-corrected chi connectivity index (χ0v) is 16.3. The van der Waals surface area contributed by atoms with Gasteiger partial charge in [0.1, 0.15) is 6.29 Å². The summed E-state index contributed by atoms with van der Waals surface area (Å²) in [5, 5.41) is 4.11. The molecule has 0 saturated heterocycles. The third kappa shape index (κ3) is 7.51. The molecular weight excluding hydrogens is 362 g/mol. The van der Waals surface area contributed by atoms with Gasteiger partial charge >= 0.3 is 0 Å². The van der Waals surface area contributed by atoms with Gasteiger partial charge in [0.05, 0.1) is 12.7 Å². The van der Waals surface area contributed by atoms with Crippen LogP contribution in [0.15, 0.2) is 54.6 Å². The molecule has 0 aromatic heterocycles. The first-order chi connectivity index (χ1) is 13.1. The quantitative estimate of drug-likeness (QED) is 0.449. The number of nitrogens with one attached hydrogen (secondary N) is 1. The van der Waals surface area contributed by atoms with Crippen molar-refractivity contribution >= 4 is 24.3 Å². The van der Waals surface area contributed by atoms with Gasteiger partial charge in [0.25, 0.3) is 0 Å². The van der Waals surface area contributed by atoms with Crippen LogP contribution in [0.3, 0.4) is 0 Å². The molecule has 1 amide bonds. The highest BCUT2D eigenvalue weighted by Crippen LogP contribution is 2.10. The minimum absolute atomic E-state index is 0.0704. The number of hydrogen-bond donors (Lipinski definition) is 1. The Morgan fingerprint density at radius 1 is 1.04 bits per heavy atom. The molecule has 6 heteroatoms. The molecule has 0 spiro atoms. The molecular formula is C21H26ClN3O2. The van der Waals surface area contributed by atoms with Crippen LogP contribution in [-0.2, 0) is 22.6 Å². The molecule has 0 radical (unpaired) electrons. The fraction of sp³-hybridized carbons (Fsp3) is 0.333. The molecule has 2 aromatic rings. The molecule has 0 fully saturated rings. The second-order valence-corrected chi connectivity index (χ2v) is 6.93. The van der Waals surface area contributed by atoms with Crippen molar-refractivity contribution in [1.29, 1.82) is 0 Å². The number of halogens is 1. The summed E-state index contributed by atoms with van der Waals surface area (Å²) in [6.45, 7) is 2.15. The lowest BCUT2D eigenvalue weighted by Gasteiger charge is -2.31. The first-order valence-corrected chi connectivity index (χ1v) is 9.35. The Balaban J connectivity index is 1.93. The van der Waals surface area contributed by atoms with Crippen molar-refractivity contribution in [2.24, 2.45) is 0 Å². The first-order valence-electron chi connectivity index (χ1n) is 8.97. The minimum Gasteiger partial charge on any atom is -0.321 e. The normalized spacial score (nSPS) is 12.0. The second kappa shape index (κ2) is 11.5. The molecule has 27 heavy (non-hydrogen) atoms. The van der Waals surface area contributed by atoms with Crippen LogP contribution in [0.25, 0.3) is 0 Å². The molecule has 5 nitrogen and oxygen atoms in total. The van der Waals surface area contributed by atoms with Crippen molar-refractivity contribution in [2.45, 2.75) is 19.1 Å². The molecule has 0 aliphatic heterocycles. The van der Waals surface area contributed by atoms with Crippen LogP contribution in [0.1, 0.15) is 11.1 Å². The van der Waals surface area contributed by atoms with Crippen LogP contribution >= 0.6 is 11.6 Å². The van der Waals surface area contributed by atoms with Crippen molar-refractivity contribution < 1.29 is 9.59 Å². The van der Waals surface area contributed by atoms with Gasteiger partial charge in [-0.05, 0) is 36.7 Å². The topological polar surface area (TPSA) is 52.6 Å². The van der Waals surface area contributed by atoms with Gasteiger partial charge in [0.15, 0.2) is 0 Å². The SMILES string of the molecule is CN(CCc1ccc(Cl)cc1)CC(NCc1ccccc1)N(C=O)CC=O. The summed E-state index contributed by atoms with van der Waals surface area (Å²) in [5.41, 5.74) is 2.34. The predicted octanol–water partition coefficient (Wildman–Crippen LogP) is 2.59. The van der Waals surface area contributed by atoms with Crippen molar-refractivity contribution in [3.8, 4) is 0 Å². The van der Waals surface area contributed by atoms with E-state index in [0.29, 0.717) is 13.1 Å². The maximum atomic E-state index is 11.4. The Labute approximate surface area is 165 Å². The molecule has 2 aromatic carbocycles. The smallest absolute Gasteiger partial charge is 0.211 e. The number of carbonyl (C=O) groups excluding carboxylic acids is 2. The van der Waals surface area contributed by atoms with Crippen LogP contribution in [0, 0.1) is 0 Å². The summed E-state index contributed by atoms with van der Waals surface area (Å²) in [6, 6.07) is 17.8. The third-order valence-electron chi connectivity index (χ3n) is 4.39. The van der Waals surface area contributed by atoms with Gasteiger partial charge in [0.2, 0.25) is 6.41 Å². The predicted molar refractivity (Wildman–Crippen MR) is 109 cm³/mol. The lowest BCUT2D eigenvalue weighted by atomic mass is 10.1. The van der Waals surface area contributed by atoms with Gasteiger partial charge in [-0.15, -0.1) is 0 Å². The number of hydrogen-bond acceptors (Lipinski definition) is 4. The number of carbonyl (C=O) groups is 2. The van der Waals surface area contributed by atoms with E-state index in [0.717, 1.165) is 36.2 Å². The van der Waals surface area contributed by atoms with E-state index in [-0.39, 0.29) is 12.7 Å². The molecule has 0 heterocycles. The van der Waals surface area contributed by atoms with Gasteiger partial charge in [0, 0.05) is 24.7 Å². The zero-order valence-electron chi connectivity index (χ0n) is 15.6. The Kier molecular flexibility index (Phi) is 8.98. The first kappa shape index (κ1) is 21.1. The van der Waals surface area contributed by atoms with E-state index in [4.69, 9.17) is 11.6 Å². The number of likely N-dealkylation sites (N-methyl/N-ethyl adjacent to an activating group) is 1. The molecule has 144 valence electrons. The average Bonchev–Trinajstić information content (AvgIpc) is 2.70. The monoisotopic (exact) mass is 387 g/mol. The Morgan fingerprint density at radius 2 is 1.74 bits per heavy atom. The Hall–Kier alpha value is -2.21. The highest BCUT2D eigenvalue weighted by molar-refractivity contribution is 6.30. The molecule has 0 bridgehead atoms. The fourth-order valence-electron chi connectivity index (χ4n) is 2.81. The molecule has 2 rings (SSSR count). The number of benzene rings is 2. The largest absolute Gasteiger partial charge is 0.321 e. The number of aldehydes is 1. The lowest BCUT2D eigenvalue weighted by Crippen LogP contribution is -2.51. The molecule has 1 atom stereocenters. The number of nitrogens with zero attached hydrogens (tertiary/aromatic N) is 2. The lowest BCUT2D eigenvalue weighted by molar-refractivity contribution is -0.124. The van der Waals surface area contributed by atoms with Crippen molar-refractivity contribution in [3.63, 3.8) is 0 Å². The van der Waals surface area contributed by atoms with E-state index in [2.05, 4.69) is 10.2 Å². The molecule has 0 aliphatic rings. The summed E-state index contributed by atoms with van der Waals surface area (Å²) in [5.74, 6) is 0. The van der Waals surface area contributed by atoms with E-state index in [1.807, 2.05) is 61.6 Å². The Morgan fingerprint density at radius 3 is 2.37 bits per heavy atom. The summed E-state index contributed by atoms with van der Waals surface area (Å²) < 4.78 is 0. The van der Waals surface area contributed by atoms with Gasteiger partial charge in [-0.3, -0.25) is 10.1 Å². The minimum atomic E-state index is -0.247. The maximum Gasteiger partial charge on any atom is 0.211 e. The van der Waals surface area contributed by atoms with E-state index >= 15 is 0 Å². The van der Waals surface area contributed by atoms with Crippen molar-refractivity contribution in [2.75, 3.05) is 26.7 Å².